The van der Waals surface area contributed by atoms with Crippen molar-refractivity contribution in [1.29, 1.82) is 0 Å². The molecule has 0 aromatic heterocycles. The molecule has 4 rings (SSSR count). The summed E-state index contributed by atoms with van der Waals surface area (Å²) in [7, 11) is 0. The fraction of sp³-hybridized carbons (Fsp3) is 0.957. The minimum Gasteiger partial charge on any atom is -0.481 e. The zero-order chi connectivity index (χ0) is 20.4. The van der Waals surface area contributed by atoms with Gasteiger partial charge in [0.2, 0.25) is 0 Å². The molecule has 0 aromatic rings. The third-order valence-electron chi connectivity index (χ3n) is 9.98. The Kier molecular flexibility index (Phi) is 5.12. The van der Waals surface area contributed by atoms with Gasteiger partial charge in [0.15, 0.2) is 0 Å². The molecule has 0 aromatic carbocycles. The molecule has 0 aliphatic heterocycles. The van der Waals surface area contributed by atoms with E-state index in [1.807, 2.05) is 0 Å². The molecule has 4 fully saturated rings. The van der Waals surface area contributed by atoms with Gasteiger partial charge < -0.3 is 20.4 Å². The van der Waals surface area contributed by atoms with E-state index in [0.717, 1.165) is 38.5 Å². The van der Waals surface area contributed by atoms with E-state index >= 15 is 0 Å². The Morgan fingerprint density at radius 3 is 2.25 bits per heavy atom. The van der Waals surface area contributed by atoms with Gasteiger partial charge in [-0.3, -0.25) is 4.79 Å². The lowest BCUT2D eigenvalue weighted by atomic mass is 9.43. The fourth-order valence-electron chi connectivity index (χ4n) is 8.63. The van der Waals surface area contributed by atoms with Crippen molar-refractivity contribution in [2.24, 2.45) is 46.3 Å². The number of aliphatic carboxylic acids is 1. The van der Waals surface area contributed by atoms with Crippen LogP contribution >= 0.6 is 0 Å². The first-order chi connectivity index (χ1) is 13.1. The molecule has 4 saturated carbocycles. The van der Waals surface area contributed by atoms with Gasteiger partial charge in [0.25, 0.3) is 0 Å². The summed E-state index contributed by atoms with van der Waals surface area (Å²) in [6.45, 7) is 6.69. The second kappa shape index (κ2) is 6.95. The molecule has 11 atom stereocenters. The van der Waals surface area contributed by atoms with Crippen molar-refractivity contribution in [3.8, 4) is 0 Å². The van der Waals surface area contributed by atoms with Crippen LogP contribution in [0.2, 0.25) is 0 Å². The molecule has 0 heterocycles. The van der Waals surface area contributed by atoms with Crippen LogP contribution in [-0.2, 0) is 4.79 Å². The average molecular weight is 395 g/mol. The number of hydrogen-bond donors (Lipinski definition) is 4. The number of carboxylic acid groups (broad SMARTS) is 1. The highest BCUT2D eigenvalue weighted by Gasteiger charge is 2.65. The van der Waals surface area contributed by atoms with E-state index in [1.54, 1.807) is 0 Å². The van der Waals surface area contributed by atoms with Crippen molar-refractivity contribution < 1.29 is 25.2 Å². The Morgan fingerprint density at radius 2 is 1.57 bits per heavy atom. The van der Waals surface area contributed by atoms with Crippen molar-refractivity contribution >= 4 is 5.97 Å². The Hall–Kier alpha value is -0.650. The summed E-state index contributed by atoms with van der Waals surface area (Å²) in [5, 5.41) is 41.7. The van der Waals surface area contributed by atoms with Crippen LogP contribution < -0.4 is 0 Å². The normalized spacial score (nSPS) is 54.4. The standard InChI is InChI=1S/C23H38O5/c1-12(10-18(25)26)14-4-5-15-19-16(7-9-22(14,15)2)23(3)8-6-13(24)11-17(23)20(27)21(19)28/h12-17,19-21,24,27-28H,4-11H2,1-3H3,(H,25,26)/t12-,13-,14-,15+,16+,17+,19+,20-,21-,22-,23-/m1/s1. The maximum atomic E-state index is 11.3. The highest BCUT2D eigenvalue weighted by atomic mass is 16.4. The fourth-order valence-corrected chi connectivity index (χ4v) is 8.63. The van der Waals surface area contributed by atoms with E-state index in [-0.39, 0.29) is 41.1 Å². The van der Waals surface area contributed by atoms with Gasteiger partial charge in [-0.1, -0.05) is 20.8 Å². The monoisotopic (exact) mass is 394 g/mol. The molecule has 160 valence electrons. The van der Waals surface area contributed by atoms with E-state index in [4.69, 9.17) is 0 Å². The minimum absolute atomic E-state index is 0.0192. The summed E-state index contributed by atoms with van der Waals surface area (Å²) in [5.41, 5.74) is 0.0305. The number of carbonyl (C=O) groups is 1. The van der Waals surface area contributed by atoms with Crippen LogP contribution in [0.15, 0.2) is 0 Å². The molecule has 0 saturated heterocycles. The topological polar surface area (TPSA) is 98.0 Å². The molecule has 0 unspecified atom stereocenters. The van der Waals surface area contributed by atoms with E-state index in [1.165, 1.54) is 0 Å². The Bertz CT molecular complexity index is 622. The van der Waals surface area contributed by atoms with Gasteiger partial charge in [0.1, 0.15) is 0 Å². The van der Waals surface area contributed by atoms with E-state index < -0.39 is 18.2 Å². The molecule has 0 radical (unpaired) electrons. The first-order valence-corrected chi connectivity index (χ1v) is 11.4. The molecular formula is C23H38O5. The van der Waals surface area contributed by atoms with Gasteiger partial charge in [-0.25, -0.2) is 0 Å². The molecule has 0 bridgehead atoms. The van der Waals surface area contributed by atoms with Crippen molar-refractivity contribution in [3.05, 3.63) is 0 Å². The summed E-state index contributed by atoms with van der Waals surface area (Å²) in [5.74, 6) is 0.585. The highest BCUT2D eigenvalue weighted by molar-refractivity contribution is 5.67. The molecule has 5 heteroatoms. The molecule has 4 N–H and O–H groups in total. The third-order valence-corrected chi connectivity index (χ3v) is 9.98. The lowest BCUT2D eigenvalue weighted by Crippen LogP contribution is -2.64. The van der Waals surface area contributed by atoms with Gasteiger partial charge in [0, 0.05) is 6.42 Å². The van der Waals surface area contributed by atoms with Gasteiger partial charge in [-0.05, 0) is 91.3 Å². The Morgan fingerprint density at radius 1 is 0.929 bits per heavy atom. The van der Waals surface area contributed by atoms with E-state index in [2.05, 4.69) is 20.8 Å². The number of hydrogen-bond acceptors (Lipinski definition) is 4. The van der Waals surface area contributed by atoms with Gasteiger partial charge in [0.05, 0.1) is 18.3 Å². The SMILES string of the molecule is C[C@H](CC(=O)O)[C@H]1CC[C@H]2[C@@H]3[C@@H](O)[C@H](O)[C@@H]4C[C@H](O)CC[C@]4(C)[C@H]3CC[C@]12C. The Balaban J connectivity index is 1.64. The largest absolute Gasteiger partial charge is 0.481 e. The Labute approximate surface area is 168 Å². The van der Waals surface area contributed by atoms with Crippen LogP contribution in [0.5, 0.6) is 0 Å². The first-order valence-electron chi connectivity index (χ1n) is 11.4. The quantitative estimate of drug-likeness (QED) is 0.590. The van der Waals surface area contributed by atoms with Crippen molar-refractivity contribution in [2.45, 2.75) is 90.4 Å². The molecule has 0 amide bonds. The molecule has 4 aliphatic rings. The lowest BCUT2D eigenvalue weighted by molar-refractivity contribution is -0.223. The predicted octanol–water partition coefficient (Wildman–Crippen LogP) is 3.06. The van der Waals surface area contributed by atoms with Crippen LogP contribution in [0, 0.1) is 46.3 Å². The number of carboxylic acids is 1. The lowest BCUT2D eigenvalue weighted by Gasteiger charge is -2.63. The minimum atomic E-state index is -0.765. The number of aliphatic hydroxyl groups excluding tert-OH is 3. The summed E-state index contributed by atoms with van der Waals surface area (Å²) >= 11 is 0. The average Bonchev–Trinajstić information content (AvgIpc) is 2.97. The van der Waals surface area contributed by atoms with Crippen LogP contribution in [-0.4, -0.2) is 44.7 Å². The maximum absolute atomic E-state index is 11.3. The highest BCUT2D eigenvalue weighted by Crippen LogP contribution is 2.68. The van der Waals surface area contributed by atoms with E-state index in [0.29, 0.717) is 24.2 Å². The van der Waals surface area contributed by atoms with E-state index in [9.17, 15) is 25.2 Å². The van der Waals surface area contributed by atoms with Crippen molar-refractivity contribution in [1.82, 2.24) is 0 Å². The van der Waals surface area contributed by atoms with Crippen molar-refractivity contribution in [3.63, 3.8) is 0 Å². The van der Waals surface area contributed by atoms with Gasteiger partial charge in [-0.2, -0.15) is 0 Å². The zero-order valence-corrected chi connectivity index (χ0v) is 17.6. The molecular weight excluding hydrogens is 356 g/mol. The molecule has 4 aliphatic carbocycles. The second-order valence-electron chi connectivity index (χ2n) is 11.1. The molecule has 28 heavy (non-hydrogen) atoms. The summed E-state index contributed by atoms with van der Waals surface area (Å²) < 4.78 is 0. The summed E-state index contributed by atoms with van der Waals surface area (Å²) in [6, 6.07) is 0. The molecule has 5 nitrogen and oxygen atoms in total. The number of fused-ring (bicyclic) bond motifs is 5. The second-order valence-corrected chi connectivity index (χ2v) is 11.1. The van der Waals surface area contributed by atoms with Gasteiger partial charge in [-0.15, -0.1) is 0 Å². The van der Waals surface area contributed by atoms with Crippen LogP contribution in [0.3, 0.4) is 0 Å². The number of rotatable bonds is 3. The zero-order valence-electron chi connectivity index (χ0n) is 17.6. The van der Waals surface area contributed by atoms with Crippen LogP contribution in [0.4, 0.5) is 0 Å². The smallest absolute Gasteiger partial charge is 0.303 e. The maximum Gasteiger partial charge on any atom is 0.303 e. The van der Waals surface area contributed by atoms with Gasteiger partial charge >= 0.3 is 5.97 Å². The summed E-state index contributed by atoms with van der Waals surface area (Å²) in [6.07, 6.45) is 4.85. The third kappa shape index (κ3) is 2.87. The predicted molar refractivity (Wildman–Crippen MR) is 105 cm³/mol. The van der Waals surface area contributed by atoms with Crippen molar-refractivity contribution in [2.75, 3.05) is 0 Å². The molecule has 0 spiro atoms. The number of aliphatic hydroxyl groups is 3. The first kappa shape index (κ1) is 20.6. The summed E-state index contributed by atoms with van der Waals surface area (Å²) in [4.78, 5) is 11.3. The van der Waals surface area contributed by atoms with Crippen LogP contribution in [0.25, 0.3) is 0 Å². The van der Waals surface area contributed by atoms with Crippen LogP contribution in [0.1, 0.15) is 72.1 Å².